The van der Waals surface area contributed by atoms with Crippen LogP contribution in [0.4, 0.5) is 17.1 Å². The van der Waals surface area contributed by atoms with Gasteiger partial charge >= 0.3 is 0 Å². The molecule has 2 aromatic carbocycles. The number of hydrogen-bond acceptors (Lipinski definition) is 4. The Balaban J connectivity index is 2.11. The smallest absolute Gasteiger partial charge is 0.0894 e. The fourth-order valence-corrected chi connectivity index (χ4v) is 5.74. The molecule has 0 aromatic heterocycles. The first-order valence-electron chi connectivity index (χ1n) is 12.8. The Hall–Kier alpha value is -3.27. The van der Waals surface area contributed by atoms with Crippen LogP contribution < -0.4 is 10.2 Å². The number of allylic oxidation sites excluding steroid dienone is 2. The minimum atomic E-state index is -0.354. The van der Waals surface area contributed by atoms with Gasteiger partial charge in [-0.1, -0.05) is 76.8 Å². The molecule has 0 bridgehead atoms. The Labute approximate surface area is 218 Å². The summed E-state index contributed by atoms with van der Waals surface area (Å²) in [5.74, 6) is 1.18. The molecule has 192 valence electrons. The molecule has 3 rings (SSSR count). The average Bonchev–Trinajstić information content (AvgIpc) is 3.46. The summed E-state index contributed by atoms with van der Waals surface area (Å²) in [7, 11) is 2.13. The van der Waals surface area contributed by atoms with E-state index >= 15 is 0 Å². The van der Waals surface area contributed by atoms with Gasteiger partial charge in [0.05, 0.1) is 28.7 Å². The quantitative estimate of drug-likeness (QED) is 0.145. The molecule has 0 heterocycles. The maximum absolute atomic E-state index is 9.87. The van der Waals surface area contributed by atoms with Crippen LogP contribution in [-0.4, -0.2) is 30.5 Å². The molecule has 3 unspecified atom stereocenters. The number of anilines is 3. The molecule has 1 aliphatic rings. The third kappa shape index (κ3) is 5.13. The van der Waals surface area contributed by atoms with Crippen molar-refractivity contribution in [3.05, 3.63) is 89.7 Å². The van der Waals surface area contributed by atoms with Crippen molar-refractivity contribution in [2.75, 3.05) is 17.3 Å². The second kappa shape index (κ2) is 10.8. The first-order chi connectivity index (χ1) is 16.9. The van der Waals surface area contributed by atoms with Crippen molar-refractivity contribution in [3.8, 4) is 0 Å². The Kier molecular flexibility index (Phi) is 8.18. The lowest BCUT2D eigenvalue weighted by Crippen LogP contribution is -2.39. The van der Waals surface area contributed by atoms with E-state index in [2.05, 4.69) is 119 Å². The maximum Gasteiger partial charge on any atom is 0.0894 e. The molecule has 1 aliphatic carbocycles. The average molecular weight is 486 g/mol. The van der Waals surface area contributed by atoms with E-state index in [4.69, 9.17) is 0 Å². The van der Waals surface area contributed by atoms with Gasteiger partial charge in [-0.25, -0.2) is 0 Å². The number of hydrogen-bond donors (Lipinski definition) is 2. The number of rotatable bonds is 11. The van der Waals surface area contributed by atoms with E-state index in [9.17, 15) is 5.11 Å². The van der Waals surface area contributed by atoms with Gasteiger partial charge in [0.25, 0.3) is 0 Å². The monoisotopic (exact) mass is 485 g/mol. The molecule has 1 saturated carbocycles. The summed E-state index contributed by atoms with van der Waals surface area (Å²) in [6.45, 7) is 25.1. The standard InChI is InChI=1S/C32H43N3O/c1-20(2)25-14-13-15-26(21(3)4)30(25)34-27-16-11-12-17-28(27)35(10)32(19-23(7)18-24(8)36)29(22(5)6)31(32)33-9/h11-18,20-21,29,31,34,36H,5,7,9,19H2,1-4,6,8,10H3/b24-18+. The largest absolute Gasteiger partial charge is 0.513 e. The summed E-state index contributed by atoms with van der Waals surface area (Å²) in [6, 6.07) is 15.0. The van der Waals surface area contributed by atoms with Crippen molar-refractivity contribution in [1.29, 1.82) is 0 Å². The molecule has 36 heavy (non-hydrogen) atoms. The van der Waals surface area contributed by atoms with Crippen molar-refractivity contribution >= 4 is 23.8 Å². The van der Waals surface area contributed by atoms with Crippen LogP contribution in [0.5, 0.6) is 0 Å². The van der Waals surface area contributed by atoms with Crippen LogP contribution in [0.15, 0.2) is 83.6 Å². The number of aliphatic imine (C=N–C) groups is 1. The van der Waals surface area contributed by atoms with Crippen LogP contribution in [0.1, 0.15) is 70.9 Å². The van der Waals surface area contributed by atoms with E-state index in [1.54, 1.807) is 13.0 Å². The van der Waals surface area contributed by atoms with E-state index < -0.39 is 0 Å². The zero-order valence-corrected chi connectivity index (χ0v) is 23.1. The molecular weight excluding hydrogens is 442 g/mol. The van der Waals surface area contributed by atoms with Crippen molar-refractivity contribution in [1.82, 2.24) is 0 Å². The summed E-state index contributed by atoms with van der Waals surface area (Å²) in [4.78, 5) is 6.85. The molecule has 4 nitrogen and oxygen atoms in total. The number of nitrogens with zero attached hydrogens (tertiary/aromatic N) is 2. The third-order valence-electron chi connectivity index (χ3n) is 7.43. The molecule has 0 radical (unpaired) electrons. The van der Waals surface area contributed by atoms with Crippen molar-refractivity contribution < 1.29 is 5.11 Å². The Bertz CT molecular complexity index is 1150. The van der Waals surface area contributed by atoms with Gasteiger partial charge in [0.1, 0.15) is 0 Å². The number of para-hydroxylation sites is 3. The zero-order valence-electron chi connectivity index (χ0n) is 23.1. The number of aliphatic hydroxyl groups is 1. The van der Waals surface area contributed by atoms with Crippen LogP contribution >= 0.6 is 0 Å². The van der Waals surface area contributed by atoms with Gasteiger partial charge in [0.15, 0.2) is 0 Å². The zero-order chi connectivity index (χ0) is 26.8. The highest BCUT2D eigenvalue weighted by Crippen LogP contribution is 2.59. The van der Waals surface area contributed by atoms with Crippen LogP contribution in [0.3, 0.4) is 0 Å². The molecular formula is C32H43N3O. The third-order valence-corrected chi connectivity index (χ3v) is 7.43. The van der Waals surface area contributed by atoms with Gasteiger partial charge in [0, 0.05) is 18.7 Å². The first kappa shape index (κ1) is 27.3. The summed E-state index contributed by atoms with van der Waals surface area (Å²) >= 11 is 0. The van der Waals surface area contributed by atoms with E-state index in [1.165, 1.54) is 16.8 Å². The Morgan fingerprint density at radius 1 is 1.06 bits per heavy atom. The Morgan fingerprint density at radius 2 is 1.64 bits per heavy atom. The lowest BCUT2D eigenvalue weighted by atomic mass is 9.92. The highest BCUT2D eigenvalue weighted by atomic mass is 16.3. The maximum atomic E-state index is 9.87. The summed E-state index contributed by atoms with van der Waals surface area (Å²) in [5.41, 5.74) is 7.51. The summed E-state index contributed by atoms with van der Waals surface area (Å²) < 4.78 is 0. The first-order valence-corrected chi connectivity index (χ1v) is 12.8. The lowest BCUT2D eigenvalue weighted by molar-refractivity contribution is 0.413. The number of likely N-dealkylation sites (N-methyl/N-ethyl adjacent to an activating group) is 1. The van der Waals surface area contributed by atoms with E-state index in [0.29, 0.717) is 18.3 Å². The summed E-state index contributed by atoms with van der Waals surface area (Å²) in [6.07, 6.45) is 2.39. The van der Waals surface area contributed by atoms with Crippen LogP contribution in [0.25, 0.3) is 0 Å². The van der Waals surface area contributed by atoms with Crippen LogP contribution in [0.2, 0.25) is 0 Å². The minimum Gasteiger partial charge on any atom is -0.513 e. The predicted octanol–water partition coefficient (Wildman–Crippen LogP) is 8.54. The molecule has 1 fully saturated rings. The van der Waals surface area contributed by atoms with E-state index in [0.717, 1.165) is 22.5 Å². The van der Waals surface area contributed by atoms with Crippen molar-refractivity contribution in [2.45, 2.75) is 71.4 Å². The van der Waals surface area contributed by atoms with Gasteiger partial charge < -0.3 is 15.3 Å². The second-order valence-corrected chi connectivity index (χ2v) is 10.9. The normalized spacial score (nSPS) is 21.4. The molecule has 2 N–H and O–H groups in total. The van der Waals surface area contributed by atoms with Crippen molar-refractivity contribution in [3.63, 3.8) is 0 Å². The van der Waals surface area contributed by atoms with Gasteiger partial charge in [-0.15, -0.1) is 0 Å². The van der Waals surface area contributed by atoms with Crippen LogP contribution in [-0.2, 0) is 0 Å². The molecule has 2 aromatic rings. The van der Waals surface area contributed by atoms with Crippen LogP contribution in [0, 0.1) is 5.92 Å². The lowest BCUT2D eigenvalue weighted by Gasteiger charge is -2.34. The van der Waals surface area contributed by atoms with E-state index in [1.807, 2.05) is 0 Å². The van der Waals surface area contributed by atoms with Gasteiger partial charge in [-0.3, -0.25) is 4.99 Å². The fourth-order valence-electron chi connectivity index (χ4n) is 5.74. The number of aliphatic hydroxyl groups excluding tert-OH is 1. The van der Waals surface area contributed by atoms with Crippen molar-refractivity contribution in [2.24, 2.45) is 10.9 Å². The molecule has 4 heteroatoms. The van der Waals surface area contributed by atoms with Gasteiger partial charge in [0.2, 0.25) is 0 Å². The minimum absolute atomic E-state index is 0.00798. The SMILES string of the molecule is C=NC1C(C(=C)C)C1(CC(=C)/C=C(\C)O)N(C)c1ccccc1Nc1c(C(C)C)cccc1C(C)C. The van der Waals surface area contributed by atoms with Gasteiger partial charge in [-0.05, 0) is 73.7 Å². The molecule has 0 spiro atoms. The van der Waals surface area contributed by atoms with Gasteiger partial charge in [-0.2, -0.15) is 0 Å². The predicted molar refractivity (Wildman–Crippen MR) is 157 cm³/mol. The number of benzene rings is 2. The number of nitrogens with one attached hydrogen (secondary N) is 1. The molecule has 3 atom stereocenters. The fraction of sp³-hybridized carbons (Fsp3) is 0.406. The molecule has 0 amide bonds. The van der Waals surface area contributed by atoms with E-state index in [-0.39, 0.29) is 23.3 Å². The molecule has 0 saturated heterocycles. The highest BCUT2D eigenvalue weighted by molar-refractivity contribution is 5.80. The molecule has 0 aliphatic heterocycles. The second-order valence-electron chi connectivity index (χ2n) is 10.9. The highest BCUT2D eigenvalue weighted by Gasteiger charge is 2.67. The Morgan fingerprint density at radius 3 is 2.11 bits per heavy atom. The summed E-state index contributed by atoms with van der Waals surface area (Å²) in [5, 5.41) is 13.7. The topological polar surface area (TPSA) is 47.9 Å².